The molecule has 4 nitrogen and oxygen atoms in total. The third-order valence-corrected chi connectivity index (χ3v) is 3.43. The van der Waals surface area contributed by atoms with Gasteiger partial charge >= 0.3 is 0 Å². The maximum absolute atomic E-state index is 5.06. The summed E-state index contributed by atoms with van der Waals surface area (Å²) in [6.45, 7) is 4.44. The van der Waals surface area contributed by atoms with E-state index in [1.165, 1.54) is 24.9 Å². The summed E-state index contributed by atoms with van der Waals surface area (Å²) in [5.74, 6) is 1.47. The molecular formula is C14H23N3O. The zero-order chi connectivity index (χ0) is 12.8. The van der Waals surface area contributed by atoms with Gasteiger partial charge in [-0.3, -0.25) is 0 Å². The second kappa shape index (κ2) is 6.71. The number of nitrogens with one attached hydrogen (secondary N) is 1. The van der Waals surface area contributed by atoms with Crippen LogP contribution in [0.5, 0.6) is 5.88 Å². The monoisotopic (exact) mass is 249 g/mol. The van der Waals surface area contributed by atoms with E-state index in [0.717, 1.165) is 25.6 Å². The van der Waals surface area contributed by atoms with E-state index in [9.17, 15) is 0 Å². The van der Waals surface area contributed by atoms with E-state index in [2.05, 4.69) is 28.3 Å². The van der Waals surface area contributed by atoms with Crippen molar-refractivity contribution in [3.8, 4) is 5.88 Å². The number of pyridine rings is 1. The molecule has 0 bridgehead atoms. The zero-order valence-electron chi connectivity index (χ0n) is 11.4. The van der Waals surface area contributed by atoms with Crippen LogP contribution in [0.15, 0.2) is 18.3 Å². The van der Waals surface area contributed by atoms with Crippen LogP contribution >= 0.6 is 0 Å². The highest BCUT2D eigenvalue weighted by Crippen LogP contribution is 2.13. The molecule has 0 amide bonds. The predicted molar refractivity (Wildman–Crippen MR) is 72.7 cm³/mol. The standard InChI is InChI=1S/C14H23N3O/c1-17(10-12-4-3-7-15-8-12)11-13-5-6-14(18-2)16-9-13/h5-6,9,12,15H,3-4,7-8,10-11H2,1-2H3. The molecule has 0 radical (unpaired) electrons. The summed E-state index contributed by atoms with van der Waals surface area (Å²) in [5.41, 5.74) is 1.24. The molecule has 1 N–H and O–H groups in total. The molecule has 1 aromatic rings. The predicted octanol–water partition coefficient (Wildman–Crippen LogP) is 1.52. The van der Waals surface area contributed by atoms with Gasteiger partial charge in [0.1, 0.15) is 0 Å². The van der Waals surface area contributed by atoms with E-state index in [4.69, 9.17) is 4.74 Å². The van der Waals surface area contributed by atoms with Crippen LogP contribution in [-0.2, 0) is 6.54 Å². The van der Waals surface area contributed by atoms with Gasteiger partial charge in [0.2, 0.25) is 5.88 Å². The lowest BCUT2D eigenvalue weighted by Gasteiger charge is -2.27. The first-order valence-corrected chi connectivity index (χ1v) is 6.66. The number of hydrogen-bond donors (Lipinski definition) is 1. The molecule has 1 aliphatic heterocycles. The molecule has 0 aliphatic carbocycles. The number of rotatable bonds is 5. The summed E-state index contributed by atoms with van der Waals surface area (Å²) in [7, 11) is 3.82. The van der Waals surface area contributed by atoms with Crippen molar-refractivity contribution in [3.63, 3.8) is 0 Å². The van der Waals surface area contributed by atoms with E-state index >= 15 is 0 Å². The van der Waals surface area contributed by atoms with Gasteiger partial charge in [-0.1, -0.05) is 6.07 Å². The zero-order valence-corrected chi connectivity index (χ0v) is 11.4. The number of hydrogen-bond acceptors (Lipinski definition) is 4. The van der Waals surface area contributed by atoms with Gasteiger partial charge in [0.25, 0.3) is 0 Å². The third-order valence-electron chi connectivity index (χ3n) is 3.43. The normalized spacial score (nSPS) is 20.1. The molecule has 1 saturated heterocycles. The summed E-state index contributed by atoms with van der Waals surface area (Å²) >= 11 is 0. The number of methoxy groups -OCH3 is 1. The fraction of sp³-hybridized carbons (Fsp3) is 0.643. The first-order chi connectivity index (χ1) is 8.78. The second-order valence-corrected chi connectivity index (χ2v) is 5.12. The Morgan fingerprint density at radius 1 is 1.50 bits per heavy atom. The van der Waals surface area contributed by atoms with E-state index in [1.807, 2.05) is 12.3 Å². The summed E-state index contributed by atoms with van der Waals surface area (Å²) in [6.07, 6.45) is 4.55. The Kier molecular flexibility index (Phi) is 4.96. The van der Waals surface area contributed by atoms with E-state index in [1.54, 1.807) is 7.11 Å². The van der Waals surface area contributed by atoms with Crippen molar-refractivity contribution in [2.75, 3.05) is 33.8 Å². The van der Waals surface area contributed by atoms with Crippen LogP contribution in [-0.4, -0.2) is 43.7 Å². The van der Waals surface area contributed by atoms with Crippen molar-refractivity contribution >= 4 is 0 Å². The maximum atomic E-state index is 5.06. The molecule has 18 heavy (non-hydrogen) atoms. The minimum Gasteiger partial charge on any atom is -0.481 e. The quantitative estimate of drug-likeness (QED) is 0.858. The van der Waals surface area contributed by atoms with Crippen LogP contribution in [0, 0.1) is 5.92 Å². The highest BCUT2D eigenvalue weighted by molar-refractivity contribution is 5.17. The van der Waals surface area contributed by atoms with Crippen molar-refractivity contribution in [2.45, 2.75) is 19.4 Å². The first kappa shape index (κ1) is 13.3. The Hall–Kier alpha value is -1.13. The molecule has 1 atom stereocenters. The Morgan fingerprint density at radius 3 is 3.00 bits per heavy atom. The molecule has 2 rings (SSSR count). The Bertz CT molecular complexity index is 347. The van der Waals surface area contributed by atoms with Crippen molar-refractivity contribution in [1.29, 1.82) is 0 Å². The topological polar surface area (TPSA) is 37.4 Å². The fourth-order valence-electron chi connectivity index (χ4n) is 2.52. The van der Waals surface area contributed by atoms with Crippen LogP contribution < -0.4 is 10.1 Å². The fourth-order valence-corrected chi connectivity index (χ4v) is 2.52. The van der Waals surface area contributed by atoms with Gasteiger partial charge < -0.3 is 15.0 Å². The Morgan fingerprint density at radius 2 is 2.39 bits per heavy atom. The SMILES string of the molecule is COc1ccc(CN(C)CC2CCCNC2)cn1. The van der Waals surface area contributed by atoms with E-state index in [-0.39, 0.29) is 0 Å². The minimum absolute atomic E-state index is 0.679. The molecule has 1 aliphatic rings. The lowest BCUT2D eigenvalue weighted by Crippen LogP contribution is -2.36. The molecular weight excluding hydrogens is 226 g/mol. The molecule has 1 aromatic heterocycles. The highest BCUT2D eigenvalue weighted by Gasteiger charge is 2.14. The van der Waals surface area contributed by atoms with Crippen LogP contribution in [0.3, 0.4) is 0 Å². The lowest BCUT2D eigenvalue weighted by molar-refractivity contribution is 0.237. The second-order valence-electron chi connectivity index (χ2n) is 5.12. The summed E-state index contributed by atoms with van der Waals surface area (Å²) < 4.78 is 5.06. The van der Waals surface area contributed by atoms with E-state index < -0.39 is 0 Å². The van der Waals surface area contributed by atoms with Crippen LogP contribution in [0.1, 0.15) is 18.4 Å². The van der Waals surface area contributed by atoms with Gasteiger partial charge in [-0.2, -0.15) is 0 Å². The van der Waals surface area contributed by atoms with Gasteiger partial charge in [0, 0.05) is 25.4 Å². The number of nitrogens with zero attached hydrogens (tertiary/aromatic N) is 2. The molecule has 100 valence electrons. The smallest absolute Gasteiger partial charge is 0.212 e. The Balaban J connectivity index is 1.80. The first-order valence-electron chi connectivity index (χ1n) is 6.66. The molecule has 0 aromatic carbocycles. The van der Waals surface area contributed by atoms with Gasteiger partial charge in [-0.25, -0.2) is 4.98 Å². The summed E-state index contributed by atoms with van der Waals surface area (Å²) in [6, 6.07) is 4.01. The molecule has 0 saturated carbocycles. The minimum atomic E-state index is 0.679. The third kappa shape index (κ3) is 3.96. The van der Waals surface area contributed by atoms with Gasteiger partial charge in [-0.15, -0.1) is 0 Å². The summed E-state index contributed by atoms with van der Waals surface area (Å²) in [4.78, 5) is 6.61. The average molecular weight is 249 g/mol. The van der Waals surface area contributed by atoms with Crippen molar-refractivity contribution in [1.82, 2.24) is 15.2 Å². The largest absolute Gasteiger partial charge is 0.481 e. The highest BCUT2D eigenvalue weighted by atomic mass is 16.5. The van der Waals surface area contributed by atoms with Gasteiger partial charge in [0.05, 0.1) is 7.11 Å². The average Bonchev–Trinajstić information content (AvgIpc) is 2.40. The van der Waals surface area contributed by atoms with Crippen LogP contribution in [0.4, 0.5) is 0 Å². The van der Waals surface area contributed by atoms with Gasteiger partial charge in [0.15, 0.2) is 0 Å². The van der Waals surface area contributed by atoms with Gasteiger partial charge in [-0.05, 0) is 44.5 Å². The Labute approximate surface area is 109 Å². The van der Waals surface area contributed by atoms with Crippen molar-refractivity contribution in [2.24, 2.45) is 5.92 Å². The molecule has 2 heterocycles. The maximum Gasteiger partial charge on any atom is 0.212 e. The summed E-state index contributed by atoms with van der Waals surface area (Å²) in [5, 5.41) is 3.46. The molecule has 1 unspecified atom stereocenters. The number of ether oxygens (including phenoxy) is 1. The molecule has 1 fully saturated rings. The van der Waals surface area contributed by atoms with Crippen molar-refractivity contribution in [3.05, 3.63) is 23.9 Å². The van der Waals surface area contributed by atoms with Crippen LogP contribution in [0.2, 0.25) is 0 Å². The number of piperidine rings is 1. The lowest BCUT2D eigenvalue weighted by atomic mass is 9.99. The molecule has 0 spiro atoms. The van der Waals surface area contributed by atoms with E-state index in [0.29, 0.717) is 5.88 Å². The molecule has 4 heteroatoms. The number of aromatic nitrogens is 1. The van der Waals surface area contributed by atoms with Crippen LogP contribution in [0.25, 0.3) is 0 Å². The van der Waals surface area contributed by atoms with Crippen molar-refractivity contribution < 1.29 is 4.74 Å².